The number of aliphatic hydroxyl groups excluding tert-OH is 1. The molecule has 27 heavy (non-hydrogen) atoms. The molecule has 0 fully saturated rings. The van der Waals surface area contributed by atoms with Crippen LogP contribution >= 0.6 is 0 Å². The number of sulfonamides is 1. The molecule has 0 amide bonds. The summed E-state index contributed by atoms with van der Waals surface area (Å²) in [5.74, 6) is -3.93. The smallest absolute Gasteiger partial charge is 0.243 e. The van der Waals surface area contributed by atoms with E-state index in [9.17, 15) is 13.5 Å². The zero-order valence-corrected chi connectivity index (χ0v) is 15.4. The third-order valence-corrected chi connectivity index (χ3v) is 5.55. The van der Waals surface area contributed by atoms with Gasteiger partial charge in [0, 0.05) is 37.1 Å². The van der Waals surface area contributed by atoms with Crippen molar-refractivity contribution in [1.82, 2.24) is 4.31 Å². The SMILES string of the molecule is [2H]C([2H])([2H])C([2H])(C([2H])([2H])[2H])C([2H])([2H])N(C[C@@H](O)[C@H](N)Cc1ccccc1)S(=O)(=O)c1ccc(N)cc1. The minimum absolute atomic E-state index is 0.0469. The molecule has 0 saturated carbocycles. The van der Waals surface area contributed by atoms with Gasteiger partial charge in [-0.25, -0.2) is 8.42 Å². The Hall–Kier alpha value is -1.93. The van der Waals surface area contributed by atoms with Crippen molar-refractivity contribution in [3.63, 3.8) is 0 Å². The van der Waals surface area contributed by atoms with Gasteiger partial charge in [0.15, 0.2) is 0 Å². The highest BCUT2D eigenvalue weighted by atomic mass is 32.2. The van der Waals surface area contributed by atoms with Gasteiger partial charge in [0.2, 0.25) is 10.0 Å². The fraction of sp³-hybridized carbons (Fsp3) is 0.400. The lowest BCUT2D eigenvalue weighted by atomic mass is 10.0. The number of hydrogen-bond donors (Lipinski definition) is 3. The highest BCUT2D eigenvalue weighted by molar-refractivity contribution is 7.89. The van der Waals surface area contributed by atoms with Crippen molar-refractivity contribution in [2.75, 3.05) is 18.8 Å². The topological polar surface area (TPSA) is 110 Å². The molecular formula is C20H29N3O3S. The predicted molar refractivity (Wildman–Crippen MR) is 109 cm³/mol. The summed E-state index contributed by atoms with van der Waals surface area (Å²) in [6, 6.07) is 11.9. The van der Waals surface area contributed by atoms with E-state index in [-0.39, 0.29) is 16.4 Å². The molecule has 0 unspecified atom stereocenters. The van der Waals surface area contributed by atoms with Gasteiger partial charge in [-0.15, -0.1) is 0 Å². The van der Waals surface area contributed by atoms with Crippen LogP contribution in [0.15, 0.2) is 59.5 Å². The summed E-state index contributed by atoms with van der Waals surface area (Å²) in [6.45, 7) is -12.6. The Kier molecular flexibility index (Phi) is 4.08. The van der Waals surface area contributed by atoms with E-state index in [0.29, 0.717) is 5.56 Å². The first-order chi connectivity index (χ1) is 16.3. The van der Waals surface area contributed by atoms with Crippen molar-refractivity contribution in [1.29, 1.82) is 0 Å². The number of anilines is 1. The van der Waals surface area contributed by atoms with Gasteiger partial charge < -0.3 is 16.6 Å². The zero-order valence-electron chi connectivity index (χ0n) is 23.5. The van der Waals surface area contributed by atoms with Crippen LogP contribution in [-0.2, 0) is 16.4 Å². The van der Waals surface area contributed by atoms with Crippen LogP contribution in [-0.4, -0.2) is 43.0 Å². The van der Waals surface area contributed by atoms with Crippen LogP contribution in [0.4, 0.5) is 5.69 Å². The molecule has 7 heteroatoms. The van der Waals surface area contributed by atoms with Crippen molar-refractivity contribution >= 4 is 15.7 Å². The zero-order chi connectivity index (χ0) is 27.7. The van der Waals surface area contributed by atoms with Crippen LogP contribution in [0.1, 0.15) is 31.6 Å². The fourth-order valence-electron chi connectivity index (χ4n) is 2.42. The monoisotopic (exact) mass is 400 g/mol. The largest absolute Gasteiger partial charge is 0.399 e. The van der Waals surface area contributed by atoms with Crippen LogP contribution in [0, 0.1) is 5.89 Å². The van der Waals surface area contributed by atoms with E-state index < -0.39 is 59.7 Å². The van der Waals surface area contributed by atoms with Crippen LogP contribution in [0.5, 0.6) is 0 Å². The Morgan fingerprint density at radius 1 is 1.19 bits per heavy atom. The average Bonchev–Trinajstić information content (AvgIpc) is 2.75. The summed E-state index contributed by atoms with van der Waals surface area (Å²) < 4.78 is 98.3. The predicted octanol–water partition coefficient (Wildman–Crippen LogP) is 1.85. The Balaban J connectivity index is 2.64. The summed E-state index contributed by atoms with van der Waals surface area (Å²) in [5, 5.41) is 10.8. The van der Waals surface area contributed by atoms with Crippen LogP contribution < -0.4 is 11.5 Å². The van der Waals surface area contributed by atoms with Crippen molar-refractivity contribution in [3.8, 4) is 0 Å². The van der Waals surface area contributed by atoms with E-state index >= 15 is 0 Å². The summed E-state index contributed by atoms with van der Waals surface area (Å²) in [5.41, 5.74) is 12.5. The molecule has 0 bridgehead atoms. The van der Waals surface area contributed by atoms with Gasteiger partial charge in [0.1, 0.15) is 0 Å². The normalized spacial score (nSPS) is 21.2. The average molecular weight is 401 g/mol. The minimum Gasteiger partial charge on any atom is -0.399 e. The summed E-state index contributed by atoms with van der Waals surface area (Å²) in [7, 11) is -5.01. The van der Waals surface area contributed by atoms with Crippen molar-refractivity contribution in [3.05, 3.63) is 60.2 Å². The van der Waals surface area contributed by atoms with Crippen LogP contribution in [0.2, 0.25) is 0 Å². The van der Waals surface area contributed by atoms with Gasteiger partial charge in [0.25, 0.3) is 0 Å². The van der Waals surface area contributed by atoms with E-state index in [2.05, 4.69) is 0 Å². The number of benzene rings is 2. The lowest BCUT2D eigenvalue weighted by Crippen LogP contribution is -2.47. The molecule has 2 aromatic carbocycles. The molecule has 2 aromatic rings. The maximum atomic E-state index is 13.5. The summed E-state index contributed by atoms with van der Waals surface area (Å²) in [6.07, 6.45) is -1.72. The number of nitrogens with zero attached hydrogens (tertiary/aromatic N) is 1. The lowest BCUT2D eigenvalue weighted by molar-refractivity contribution is 0.116. The molecule has 2 rings (SSSR count). The maximum absolute atomic E-state index is 13.5. The second-order valence-corrected chi connectivity index (χ2v) is 7.88. The Morgan fingerprint density at radius 3 is 2.41 bits per heavy atom. The maximum Gasteiger partial charge on any atom is 0.243 e. The van der Waals surface area contributed by atoms with Crippen LogP contribution in [0.3, 0.4) is 0 Å². The minimum atomic E-state index is -5.01. The Morgan fingerprint density at radius 2 is 1.81 bits per heavy atom. The first-order valence-corrected chi connectivity index (χ1v) is 9.57. The van der Waals surface area contributed by atoms with E-state index in [0.717, 1.165) is 12.1 Å². The quantitative estimate of drug-likeness (QED) is 0.557. The number of aliphatic hydroxyl groups is 1. The molecule has 0 heterocycles. The van der Waals surface area contributed by atoms with E-state index in [4.69, 9.17) is 23.8 Å². The Labute approximate surface area is 174 Å². The van der Waals surface area contributed by atoms with E-state index in [1.807, 2.05) is 0 Å². The molecule has 0 aromatic heterocycles. The highest BCUT2D eigenvalue weighted by Crippen LogP contribution is 2.19. The van der Waals surface area contributed by atoms with Gasteiger partial charge >= 0.3 is 0 Å². The Bertz CT molecular complexity index is 1110. The van der Waals surface area contributed by atoms with Gasteiger partial charge in [-0.3, -0.25) is 0 Å². The molecule has 0 saturated heterocycles. The molecule has 0 spiro atoms. The molecule has 5 N–H and O–H groups in total. The summed E-state index contributed by atoms with van der Waals surface area (Å²) in [4.78, 5) is -0.553. The van der Waals surface area contributed by atoms with Crippen molar-refractivity contribution in [2.24, 2.45) is 11.6 Å². The van der Waals surface area contributed by atoms with E-state index in [1.54, 1.807) is 30.3 Å². The summed E-state index contributed by atoms with van der Waals surface area (Å²) >= 11 is 0. The second kappa shape index (κ2) is 9.32. The van der Waals surface area contributed by atoms with Crippen molar-refractivity contribution in [2.45, 2.75) is 37.2 Å². The lowest BCUT2D eigenvalue weighted by Gasteiger charge is -2.28. The van der Waals surface area contributed by atoms with Gasteiger partial charge in [0.05, 0.1) is 11.0 Å². The second-order valence-electron chi connectivity index (χ2n) is 6.01. The molecule has 0 aliphatic carbocycles. The first kappa shape index (κ1) is 11.8. The first-order valence-electron chi connectivity index (χ1n) is 12.6. The fourth-order valence-corrected chi connectivity index (χ4v) is 3.72. The van der Waals surface area contributed by atoms with Crippen molar-refractivity contribution < 1.29 is 25.9 Å². The highest BCUT2D eigenvalue weighted by Gasteiger charge is 2.29. The van der Waals surface area contributed by atoms with Crippen LogP contribution in [0.25, 0.3) is 0 Å². The molecule has 148 valence electrons. The third-order valence-electron chi connectivity index (χ3n) is 3.87. The molecule has 6 nitrogen and oxygen atoms in total. The number of rotatable bonds is 9. The molecular weight excluding hydrogens is 362 g/mol. The third kappa shape index (κ3) is 6.04. The molecule has 0 aliphatic heterocycles. The molecule has 2 atom stereocenters. The number of nitrogens with two attached hydrogens (primary N) is 2. The molecule has 0 radical (unpaired) electrons. The standard InChI is InChI=1S/C20H29N3O3S/c1-15(2)13-23(27(25,26)18-10-8-17(21)9-11-18)14-20(24)19(22)12-16-6-4-3-5-7-16/h3-11,15,19-20,24H,12-14,21-22H2,1-2H3/t19-,20-/m1/s1/i1D3,2D3,13D2,15D. The number of hydrogen-bond acceptors (Lipinski definition) is 5. The molecule has 0 aliphatic rings. The van der Waals surface area contributed by atoms with Gasteiger partial charge in [-0.05, 0) is 42.1 Å². The number of nitrogen functional groups attached to an aromatic ring is 1. The van der Waals surface area contributed by atoms with Gasteiger partial charge in [-0.1, -0.05) is 44.0 Å². The van der Waals surface area contributed by atoms with E-state index in [1.165, 1.54) is 12.1 Å². The van der Waals surface area contributed by atoms with Gasteiger partial charge in [-0.2, -0.15) is 4.31 Å².